The Morgan fingerprint density at radius 1 is 1.29 bits per heavy atom. The van der Waals surface area contributed by atoms with E-state index in [0.29, 0.717) is 17.2 Å². The lowest BCUT2D eigenvalue weighted by Gasteiger charge is -2.06. The first-order valence-corrected chi connectivity index (χ1v) is 6.08. The van der Waals surface area contributed by atoms with Gasteiger partial charge in [0.15, 0.2) is 0 Å². The Bertz CT molecular complexity index is 711. The number of hydrogen-bond donors (Lipinski definition) is 2. The van der Waals surface area contributed by atoms with E-state index in [4.69, 9.17) is 9.47 Å². The van der Waals surface area contributed by atoms with Crippen LogP contribution in [0.1, 0.15) is 11.3 Å². The van der Waals surface area contributed by atoms with Crippen LogP contribution in [-0.2, 0) is 0 Å². The van der Waals surface area contributed by atoms with Crippen LogP contribution in [0.25, 0.3) is 0 Å². The molecule has 0 amide bonds. The average Bonchev–Trinajstić information content (AvgIpc) is 2.51. The van der Waals surface area contributed by atoms with Gasteiger partial charge in [-0.3, -0.25) is 9.78 Å². The first kappa shape index (κ1) is 14.5. The lowest BCUT2D eigenvalue weighted by Crippen LogP contribution is -2.15. The predicted molar refractivity (Wildman–Crippen MR) is 78.2 cm³/mol. The van der Waals surface area contributed by atoms with E-state index in [9.17, 15) is 4.79 Å². The summed E-state index contributed by atoms with van der Waals surface area (Å²) in [5, 5.41) is 11.4. The standard InChI is InChI=1S/C13H15N5O3/c1-8-12(19)15-13(18-16-8)17-14-7-9-4-5-10(20-2)6-11(9)21-3/h4-7H,1-3H3,(H2,15,17,18,19)/b14-7-. The highest BCUT2D eigenvalue weighted by Gasteiger charge is 2.03. The number of nitrogens with one attached hydrogen (secondary N) is 2. The second kappa shape index (κ2) is 6.51. The van der Waals surface area contributed by atoms with Crippen molar-refractivity contribution in [3.8, 4) is 11.5 Å². The van der Waals surface area contributed by atoms with E-state index in [2.05, 4.69) is 25.7 Å². The summed E-state index contributed by atoms with van der Waals surface area (Å²) >= 11 is 0. The molecular formula is C13H15N5O3. The van der Waals surface area contributed by atoms with Crippen molar-refractivity contribution >= 4 is 12.2 Å². The number of aromatic nitrogens is 3. The van der Waals surface area contributed by atoms with Gasteiger partial charge in [0, 0.05) is 11.6 Å². The second-order valence-corrected chi connectivity index (χ2v) is 4.07. The molecule has 110 valence electrons. The summed E-state index contributed by atoms with van der Waals surface area (Å²) in [6.07, 6.45) is 1.54. The maximum atomic E-state index is 11.4. The summed E-state index contributed by atoms with van der Waals surface area (Å²) < 4.78 is 10.4. The van der Waals surface area contributed by atoms with Gasteiger partial charge in [0.25, 0.3) is 5.56 Å². The maximum Gasteiger partial charge on any atom is 0.274 e. The molecular weight excluding hydrogens is 274 g/mol. The van der Waals surface area contributed by atoms with Crippen molar-refractivity contribution in [2.45, 2.75) is 6.92 Å². The molecule has 2 rings (SSSR count). The molecule has 8 nitrogen and oxygen atoms in total. The predicted octanol–water partition coefficient (Wildman–Crippen LogP) is 0.937. The summed E-state index contributed by atoms with van der Waals surface area (Å²) in [6.45, 7) is 1.57. The van der Waals surface area contributed by atoms with Gasteiger partial charge < -0.3 is 9.47 Å². The number of aryl methyl sites for hydroxylation is 1. The first-order valence-electron chi connectivity index (χ1n) is 6.08. The van der Waals surface area contributed by atoms with Crippen molar-refractivity contribution in [1.29, 1.82) is 0 Å². The normalized spacial score (nSPS) is 10.6. The fourth-order valence-electron chi connectivity index (χ4n) is 1.53. The SMILES string of the molecule is COc1ccc(/C=N\Nc2nnc(C)c(=O)[nH]2)c(OC)c1. The zero-order chi connectivity index (χ0) is 15.2. The molecule has 21 heavy (non-hydrogen) atoms. The Kier molecular flexibility index (Phi) is 4.50. The largest absolute Gasteiger partial charge is 0.497 e. The lowest BCUT2D eigenvalue weighted by molar-refractivity contribution is 0.394. The van der Waals surface area contributed by atoms with Crippen molar-refractivity contribution < 1.29 is 9.47 Å². The van der Waals surface area contributed by atoms with E-state index in [1.165, 1.54) is 6.21 Å². The summed E-state index contributed by atoms with van der Waals surface area (Å²) in [5.41, 5.74) is 3.32. The van der Waals surface area contributed by atoms with Gasteiger partial charge in [-0.2, -0.15) is 5.10 Å². The van der Waals surface area contributed by atoms with Gasteiger partial charge in [-0.05, 0) is 19.1 Å². The minimum atomic E-state index is -0.315. The van der Waals surface area contributed by atoms with E-state index in [1.807, 2.05) is 0 Å². The van der Waals surface area contributed by atoms with Crippen molar-refractivity contribution in [2.24, 2.45) is 5.10 Å². The summed E-state index contributed by atoms with van der Waals surface area (Å²) in [7, 11) is 3.14. The van der Waals surface area contributed by atoms with Crippen LogP contribution in [0.5, 0.6) is 11.5 Å². The Labute approximate surface area is 120 Å². The van der Waals surface area contributed by atoms with Gasteiger partial charge in [0.05, 0.1) is 20.4 Å². The summed E-state index contributed by atoms with van der Waals surface area (Å²) in [6, 6.07) is 5.33. The Morgan fingerprint density at radius 2 is 2.10 bits per heavy atom. The van der Waals surface area contributed by atoms with Crippen molar-refractivity contribution in [2.75, 3.05) is 19.6 Å². The Balaban J connectivity index is 2.14. The van der Waals surface area contributed by atoms with E-state index >= 15 is 0 Å². The molecule has 0 saturated heterocycles. The summed E-state index contributed by atoms with van der Waals surface area (Å²) in [4.78, 5) is 13.9. The zero-order valence-corrected chi connectivity index (χ0v) is 11.9. The van der Waals surface area contributed by atoms with Crippen molar-refractivity contribution in [3.05, 3.63) is 39.8 Å². The molecule has 2 aromatic rings. The fraction of sp³-hybridized carbons (Fsp3) is 0.231. The topological polar surface area (TPSA) is 101 Å². The number of methoxy groups -OCH3 is 2. The van der Waals surface area contributed by atoms with Crippen molar-refractivity contribution in [1.82, 2.24) is 15.2 Å². The van der Waals surface area contributed by atoms with E-state index in [1.54, 1.807) is 39.3 Å². The maximum absolute atomic E-state index is 11.4. The quantitative estimate of drug-likeness (QED) is 0.627. The number of nitrogens with zero attached hydrogens (tertiary/aromatic N) is 3. The minimum Gasteiger partial charge on any atom is -0.497 e. The van der Waals surface area contributed by atoms with E-state index in [0.717, 1.165) is 5.56 Å². The average molecular weight is 289 g/mol. The molecule has 0 atom stereocenters. The van der Waals surface area contributed by atoms with Crippen LogP contribution in [0.4, 0.5) is 5.95 Å². The molecule has 0 spiro atoms. The number of hydrazone groups is 1. The molecule has 1 aromatic carbocycles. The Hall–Kier alpha value is -2.90. The number of ether oxygens (including phenoxy) is 2. The van der Waals surface area contributed by atoms with Crippen LogP contribution in [0.3, 0.4) is 0 Å². The fourth-order valence-corrected chi connectivity index (χ4v) is 1.53. The molecule has 0 bridgehead atoms. The smallest absolute Gasteiger partial charge is 0.274 e. The number of aromatic amines is 1. The van der Waals surface area contributed by atoms with Crippen LogP contribution in [0.2, 0.25) is 0 Å². The third-order valence-electron chi connectivity index (χ3n) is 2.68. The molecule has 0 aliphatic heterocycles. The highest BCUT2D eigenvalue weighted by molar-refractivity contribution is 5.84. The van der Waals surface area contributed by atoms with Gasteiger partial charge in [0.2, 0.25) is 5.95 Å². The molecule has 0 radical (unpaired) electrons. The monoisotopic (exact) mass is 289 g/mol. The van der Waals surface area contributed by atoms with Crippen LogP contribution in [0.15, 0.2) is 28.1 Å². The molecule has 0 aliphatic carbocycles. The number of anilines is 1. The summed E-state index contributed by atoms with van der Waals surface area (Å²) in [5.74, 6) is 1.46. The van der Waals surface area contributed by atoms with Crippen LogP contribution in [-0.4, -0.2) is 35.6 Å². The van der Waals surface area contributed by atoms with Gasteiger partial charge >= 0.3 is 0 Å². The second-order valence-electron chi connectivity index (χ2n) is 4.07. The highest BCUT2D eigenvalue weighted by Crippen LogP contribution is 2.23. The first-order chi connectivity index (χ1) is 10.1. The zero-order valence-electron chi connectivity index (χ0n) is 11.9. The minimum absolute atomic E-state index is 0.161. The number of H-pyrrole nitrogens is 1. The van der Waals surface area contributed by atoms with E-state index in [-0.39, 0.29) is 11.5 Å². The molecule has 0 aliphatic rings. The Morgan fingerprint density at radius 3 is 2.76 bits per heavy atom. The van der Waals surface area contributed by atoms with Gasteiger partial charge in [-0.25, -0.2) is 5.43 Å². The number of hydrogen-bond acceptors (Lipinski definition) is 7. The molecule has 0 saturated carbocycles. The molecule has 0 unspecified atom stereocenters. The van der Waals surface area contributed by atoms with E-state index < -0.39 is 0 Å². The van der Waals surface area contributed by atoms with Gasteiger partial charge in [0.1, 0.15) is 17.2 Å². The third-order valence-corrected chi connectivity index (χ3v) is 2.68. The highest BCUT2D eigenvalue weighted by atomic mass is 16.5. The number of benzene rings is 1. The van der Waals surface area contributed by atoms with Gasteiger partial charge in [-0.15, -0.1) is 10.2 Å². The molecule has 2 N–H and O–H groups in total. The molecule has 8 heteroatoms. The molecule has 1 heterocycles. The van der Waals surface area contributed by atoms with Crippen LogP contribution in [0, 0.1) is 6.92 Å². The van der Waals surface area contributed by atoms with Crippen LogP contribution >= 0.6 is 0 Å². The van der Waals surface area contributed by atoms with Gasteiger partial charge in [-0.1, -0.05) is 0 Å². The molecule has 1 aromatic heterocycles. The van der Waals surface area contributed by atoms with Crippen LogP contribution < -0.4 is 20.5 Å². The molecule has 0 fully saturated rings. The van der Waals surface area contributed by atoms with Crippen molar-refractivity contribution in [3.63, 3.8) is 0 Å². The number of rotatable bonds is 5. The third kappa shape index (κ3) is 3.56. The lowest BCUT2D eigenvalue weighted by atomic mass is 10.2.